The van der Waals surface area contributed by atoms with Crippen molar-refractivity contribution in [3.8, 4) is 0 Å². The number of allylic oxidation sites excluding steroid dienone is 2. The Labute approximate surface area is 146 Å². The SMILES string of the molecule is CC1=CC(CCCN(C)C)(c2ccccc2)c2ccccc21.Cl. The zero-order valence-corrected chi connectivity index (χ0v) is 15.1. The molecule has 0 radical (unpaired) electrons. The van der Waals surface area contributed by atoms with Crippen molar-refractivity contribution >= 4 is 18.0 Å². The highest BCUT2D eigenvalue weighted by Crippen LogP contribution is 2.47. The van der Waals surface area contributed by atoms with Crippen molar-refractivity contribution in [2.75, 3.05) is 20.6 Å². The van der Waals surface area contributed by atoms with Crippen LogP contribution in [0.15, 0.2) is 60.7 Å². The van der Waals surface area contributed by atoms with E-state index >= 15 is 0 Å². The Bertz CT molecular complexity index is 675. The van der Waals surface area contributed by atoms with E-state index in [9.17, 15) is 0 Å². The van der Waals surface area contributed by atoms with Gasteiger partial charge in [-0.05, 0) is 62.7 Å². The molecule has 122 valence electrons. The van der Waals surface area contributed by atoms with Crippen LogP contribution in [0.1, 0.15) is 36.5 Å². The first-order valence-corrected chi connectivity index (χ1v) is 8.13. The largest absolute Gasteiger partial charge is 0.309 e. The second kappa shape index (κ2) is 7.33. The summed E-state index contributed by atoms with van der Waals surface area (Å²) in [6.45, 7) is 3.37. The Morgan fingerprint density at radius 1 is 0.913 bits per heavy atom. The molecule has 0 spiro atoms. The maximum absolute atomic E-state index is 2.49. The molecule has 0 saturated carbocycles. The summed E-state index contributed by atoms with van der Waals surface area (Å²) < 4.78 is 0. The third-order valence-electron chi connectivity index (χ3n) is 4.76. The summed E-state index contributed by atoms with van der Waals surface area (Å²) in [5, 5.41) is 0. The van der Waals surface area contributed by atoms with Crippen LogP contribution in [0.5, 0.6) is 0 Å². The van der Waals surface area contributed by atoms with Crippen LogP contribution < -0.4 is 0 Å². The summed E-state index contributed by atoms with van der Waals surface area (Å²) in [6, 6.07) is 19.9. The first kappa shape index (κ1) is 17.8. The Balaban J connectivity index is 0.00000192. The topological polar surface area (TPSA) is 3.24 Å². The first-order valence-electron chi connectivity index (χ1n) is 8.13. The monoisotopic (exact) mass is 327 g/mol. The molecule has 2 heteroatoms. The minimum absolute atomic E-state index is 0. The minimum Gasteiger partial charge on any atom is -0.309 e. The van der Waals surface area contributed by atoms with E-state index in [-0.39, 0.29) is 17.8 Å². The predicted molar refractivity (Wildman–Crippen MR) is 102 cm³/mol. The van der Waals surface area contributed by atoms with Gasteiger partial charge < -0.3 is 4.90 Å². The summed E-state index contributed by atoms with van der Waals surface area (Å²) in [6.07, 6.45) is 4.84. The van der Waals surface area contributed by atoms with Gasteiger partial charge in [0.05, 0.1) is 0 Å². The second-order valence-electron chi connectivity index (χ2n) is 6.62. The van der Waals surface area contributed by atoms with Gasteiger partial charge >= 0.3 is 0 Å². The molecular formula is C21H26ClN. The van der Waals surface area contributed by atoms with Crippen LogP contribution in [0, 0.1) is 0 Å². The van der Waals surface area contributed by atoms with Gasteiger partial charge in [0.1, 0.15) is 0 Å². The molecule has 0 bridgehead atoms. The van der Waals surface area contributed by atoms with Crippen LogP contribution in [0.25, 0.3) is 5.57 Å². The predicted octanol–water partition coefficient (Wildman–Crippen LogP) is 5.15. The molecule has 2 aromatic rings. The summed E-state index contributed by atoms with van der Waals surface area (Å²) in [7, 11) is 4.30. The van der Waals surface area contributed by atoms with Crippen molar-refractivity contribution in [3.05, 3.63) is 77.4 Å². The number of benzene rings is 2. The molecule has 2 aromatic carbocycles. The van der Waals surface area contributed by atoms with Gasteiger partial charge in [-0.3, -0.25) is 0 Å². The van der Waals surface area contributed by atoms with Crippen LogP contribution in [-0.2, 0) is 5.41 Å². The van der Waals surface area contributed by atoms with Crippen LogP contribution in [0.2, 0.25) is 0 Å². The fraction of sp³-hybridized carbons (Fsp3) is 0.333. The van der Waals surface area contributed by atoms with Crippen LogP contribution in [0.3, 0.4) is 0 Å². The molecule has 0 fully saturated rings. The molecule has 0 amide bonds. The molecule has 0 N–H and O–H groups in total. The summed E-state index contributed by atoms with van der Waals surface area (Å²) in [5.41, 5.74) is 5.74. The van der Waals surface area contributed by atoms with Crippen LogP contribution >= 0.6 is 12.4 Å². The number of fused-ring (bicyclic) bond motifs is 1. The average Bonchev–Trinajstić information content (AvgIpc) is 2.82. The Hall–Kier alpha value is -1.57. The lowest BCUT2D eigenvalue weighted by Crippen LogP contribution is -2.25. The van der Waals surface area contributed by atoms with E-state index in [1.54, 1.807) is 0 Å². The van der Waals surface area contributed by atoms with E-state index in [0.29, 0.717) is 0 Å². The summed E-state index contributed by atoms with van der Waals surface area (Å²) in [5.74, 6) is 0. The van der Waals surface area contributed by atoms with Crippen LogP contribution in [0.4, 0.5) is 0 Å². The highest BCUT2D eigenvalue weighted by atomic mass is 35.5. The van der Waals surface area contributed by atoms with Crippen LogP contribution in [-0.4, -0.2) is 25.5 Å². The van der Waals surface area contributed by atoms with Gasteiger partial charge in [-0.1, -0.05) is 60.7 Å². The fourth-order valence-electron chi connectivity index (χ4n) is 3.74. The number of hydrogen-bond donors (Lipinski definition) is 0. The van der Waals surface area contributed by atoms with Gasteiger partial charge in [0.25, 0.3) is 0 Å². The van der Waals surface area contributed by atoms with Gasteiger partial charge in [0.2, 0.25) is 0 Å². The number of hydrogen-bond acceptors (Lipinski definition) is 1. The Morgan fingerprint density at radius 3 is 2.26 bits per heavy atom. The third kappa shape index (κ3) is 3.36. The molecule has 1 aliphatic rings. The molecule has 1 aliphatic carbocycles. The molecule has 23 heavy (non-hydrogen) atoms. The van der Waals surface area contributed by atoms with Gasteiger partial charge in [0, 0.05) is 5.41 Å². The highest BCUT2D eigenvalue weighted by Gasteiger charge is 2.37. The number of nitrogens with zero attached hydrogens (tertiary/aromatic N) is 1. The Kier molecular flexibility index (Phi) is 5.67. The smallest absolute Gasteiger partial charge is 0.0394 e. The zero-order chi connectivity index (χ0) is 15.6. The van der Waals surface area contributed by atoms with Crippen molar-refractivity contribution in [2.24, 2.45) is 0 Å². The van der Waals surface area contributed by atoms with Crippen molar-refractivity contribution in [3.63, 3.8) is 0 Å². The lowest BCUT2D eigenvalue weighted by molar-refractivity contribution is 0.379. The fourth-order valence-corrected chi connectivity index (χ4v) is 3.74. The first-order chi connectivity index (χ1) is 10.6. The maximum atomic E-state index is 2.49. The van der Waals surface area contributed by atoms with E-state index < -0.39 is 0 Å². The molecule has 0 heterocycles. The molecule has 0 saturated heterocycles. The minimum atomic E-state index is 0. The molecule has 3 rings (SSSR count). The molecule has 1 nitrogen and oxygen atoms in total. The number of halogens is 1. The standard InChI is InChI=1S/C21H25N.ClH/c1-17-16-21(14-9-15-22(2)3,18-10-5-4-6-11-18)20-13-8-7-12-19(17)20;/h4-8,10-13,16H,9,14-15H2,1-3H3;1H. The van der Waals surface area contributed by atoms with Crippen molar-refractivity contribution in [1.82, 2.24) is 4.90 Å². The van der Waals surface area contributed by atoms with Gasteiger partial charge in [-0.2, -0.15) is 0 Å². The van der Waals surface area contributed by atoms with Crippen molar-refractivity contribution < 1.29 is 0 Å². The summed E-state index contributed by atoms with van der Waals surface area (Å²) in [4.78, 5) is 2.27. The lowest BCUT2D eigenvalue weighted by atomic mass is 9.73. The average molecular weight is 328 g/mol. The molecule has 0 aromatic heterocycles. The van der Waals surface area contributed by atoms with E-state index in [4.69, 9.17) is 0 Å². The van der Waals surface area contributed by atoms with Crippen molar-refractivity contribution in [2.45, 2.75) is 25.2 Å². The normalized spacial score (nSPS) is 19.2. The zero-order valence-electron chi connectivity index (χ0n) is 14.3. The molecule has 0 aliphatic heterocycles. The third-order valence-corrected chi connectivity index (χ3v) is 4.76. The van der Waals surface area contributed by atoms with E-state index in [2.05, 4.69) is 86.6 Å². The molecule has 1 atom stereocenters. The van der Waals surface area contributed by atoms with Crippen molar-refractivity contribution in [1.29, 1.82) is 0 Å². The van der Waals surface area contributed by atoms with E-state index in [0.717, 1.165) is 13.0 Å². The summed E-state index contributed by atoms with van der Waals surface area (Å²) >= 11 is 0. The Morgan fingerprint density at radius 2 is 1.57 bits per heavy atom. The molecular weight excluding hydrogens is 302 g/mol. The van der Waals surface area contributed by atoms with Gasteiger partial charge in [0.15, 0.2) is 0 Å². The quantitative estimate of drug-likeness (QED) is 0.733. The number of rotatable bonds is 5. The van der Waals surface area contributed by atoms with E-state index in [1.807, 2.05) is 0 Å². The maximum Gasteiger partial charge on any atom is 0.0394 e. The molecule has 1 unspecified atom stereocenters. The van der Waals surface area contributed by atoms with E-state index in [1.165, 1.54) is 28.7 Å². The highest BCUT2D eigenvalue weighted by molar-refractivity contribution is 5.85. The van der Waals surface area contributed by atoms with Gasteiger partial charge in [-0.15, -0.1) is 12.4 Å². The lowest BCUT2D eigenvalue weighted by Gasteiger charge is -2.30. The second-order valence-corrected chi connectivity index (χ2v) is 6.62. The van der Waals surface area contributed by atoms with Gasteiger partial charge in [-0.25, -0.2) is 0 Å².